The van der Waals surface area contributed by atoms with E-state index in [1.54, 1.807) is 20.8 Å². The zero-order chi connectivity index (χ0) is 18.4. The van der Waals surface area contributed by atoms with Gasteiger partial charge in [-0.15, -0.1) is 0 Å². The fraction of sp³-hybridized carbons (Fsp3) is 0.471. The van der Waals surface area contributed by atoms with Crippen molar-refractivity contribution in [1.29, 1.82) is 0 Å². The molecule has 1 aromatic carbocycles. The zero-order valence-corrected chi connectivity index (χ0v) is 14.6. The van der Waals surface area contributed by atoms with E-state index in [4.69, 9.17) is 9.47 Å². The van der Waals surface area contributed by atoms with Crippen LogP contribution in [0.2, 0.25) is 0 Å². The highest BCUT2D eigenvalue weighted by atomic mass is 16.6. The first-order valence-corrected chi connectivity index (χ1v) is 7.98. The predicted octanol–water partition coefficient (Wildman–Crippen LogP) is 1.61. The Kier molecular flexibility index (Phi) is 5.84. The largest absolute Gasteiger partial charge is 0.444 e. The molecule has 2 rings (SSSR count). The maximum Gasteiger partial charge on any atom is 0.413 e. The molecule has 8 heteroatoms. The molecule has 0 aromatic heterocycles. The molecule has 1 heterocycles. The Hall–Kier alpha value is -2.77. The van der Waals surface area contributed by atoms with Crippen molar-refractivity contribution in [2.24, 2.45) is 0 Å². The van der Waals surface area contributed by atoms with Gasteiger partial charge >= 0.3 is 18.1 Å². The van der Waals surface area contributed by atoms with Crippen molar-refractivity contribution in [3.63, 3.8) is 0 Å². The molecule has 8 nitrogen and oxygen atoms in total. The fourth-order valence-corrected chi connectivity index (χ4v) is 2.17. The first-order valence-electron chi connectivity index (χ1n) is 7.98. The number of nitrogens with zero attached hydrogens (tertiary/aromatic N) is 1. The van der Waals surface area contributed by atoms with Gasteiger partial charge in [0.1, 0.15) is 5.60 Å². The van der Waals surface area contributed by atoms with Crippen molar-refractivity contribution in [3.05, 3.63) is 35.9 Å². The lowest BCUT2D eigenvalue weighted by Gasteiger charge is -2.25. The summed E-state index contributed by atoms with van der Waals surface area (Å²) in [4.78, 5) is 37.0. The molecule has 0 radical (unpaired) electrons. The van der Waals surface area contributed by atoms with Gasteiger partial charge < -0.3 is 20.1 Å². The number of benzene rings is 1. The summed E-state index contributed by atoms with van der Waals surface area (Å²) in [6.45, 7) is 5.30. The normalized spacial score (nSPS) is 17.0. The van der Waals surface area contributed by atoms with Crippen molar-refractivity contribution in [2.45, 2.75) is 39.0 Å². The second-order valence-corrected chi connectivity index (χ2v) is 6.61. The molecule has 2 N–H and O–H groups in total. The molecular weight excluding hydrogens is 326 g/mol. The van der Waals surface area contributed by atoms with E-state index in [9.17, 15) is 14.4 Å². The molecule has 1 saturated heterocycles. The first-order chi connectivity index (χ1) is 11.8. The number of esters is 1. The van der Waals surface area contributed by atoms with E-state index >= 15 is 0 Å². The van der Waals surface area contributed by atoms with Gasteiger partial charge in [0.2, 0.25) is 0 Å². The number of hydrogen-bond acceptors (Lipinski definition) is 5. The Bertz CT molecular complexity index is 627. The second kappa shape index (κ2) is 7.87. The van der Waals surface area contributed by atoms with Crippen molar-refractivity contribution in [2.75, 3.05) is 13.3 Å². The molecule has 1 atom stereocenters. The Balaban J connectivity index is 1.83. The van der Waals surface area contributed by atoms with E-state index in [-0.39, 0.29) is 13.3 Å². The minimum atomic E-state index is -0.905. The van der Waals surface area contributed by atoms with Gasteiger partial charge in [-0.2, -0.15) is 0 Å². The number of carbonyl (C=O) groups excluding carboxylic acids is 3. The van der Waals surface area contributed by atoms with E-state index in [0.717, 1.165) is 10.5 Å². The van der Waals surface area contributed by atoms with Gasteiger partial charge in [0, 0.05) is 6.54 Å². The van der Waals surface area contributed by atoms with E-state index in [2.05, 4.69) is 10.6 Å². The van der Waals surface area contributed by atoms with Gasteiger partial charge in [-0.3, -0.25) is 4.90 Å². The van der Waals surface area contributed by atoms with Crippen LogP contribution in [0.25, 0.3) is 0 Å². The Labute approximate surface area is 146 Å². The van der Waals surface area contributed by atoms with E-state index < -0.39 is 29.7 Å². The summed E-state index contributed by atoms with van der Waals surface area (Å²) >= 11 is 0. The molecule has 0 aliphatic carbocycles. The lowest BCUT2D eigenvalue weighted by Crippen LogP contribution is -2.49. The van der Waals surface area contributed by atoms with Crippen LogP contribution in [-0.4, -0.2) is 47.9 Å². The summed E-state index contributed by atoms with van der Waals surface area (Å²) in [6, 6.07) is 8.08. The number of ether oxygens (including phenoxy) is 2. The maximum absolute atomic E-state index is 12.1. The monoisotopic (exact) mass is 349 g/mol. The van der Waals surface area contributed by atoms with Crippen LogP contribution in [-0.2, 0) is 20.8 Å². The van der Waals surface area contributed by atoms with Gasteiger partial charge in [-0.1, -0.05) is 30.3 Å². The van der Waals surface area contributed by atoms with Crippen molar-refractivity contribution < 1.29 is 23.9 Å². The molecule has 25 heavy (non-hydrogen) atoms. The van der Waals surface area contributed by atoms with Crippen LogP contribution in [0.4, 0.5) is 9.59 Å². The molecule has 1 aliphatic heterocycles. The number of urea groups is 1. The van der Waals surface area contributed by atoms with Gasteiger partial charge in [0.05, 0.1) is 6.54 Å². The molecule has 136 valence electrons. The fourth-order valence-electron chi connectivity index (χ4n) is 2.17. The van der Waals surface area contributed by atoms with E-state index in [1.807, 2.05) is 30.3 Å². The lowest BCUT2D eigenvalue weighted by atomic mass is 10.2. The van der Waals surface area contributed by atoms with Crippen LogP contribution >= 0.6 is 0 Å². The molecule has 1 aromatic rings. The summed E-state index contributed by atoms with van der Waals surface area (Å²) in [5.41, 5.74) is 0.265. The van der Waals surface area contributed by atoms with Crippen molar-refractivity contribution >= 4 is 18.1 Å². The second-order valence-electron chi connectivity index (χ2n) is 6.61. The number of nitrogens with one attached hydrogen (secondary N) is 2. The smallest absolute Gasteiger partial charge is 0.413 e. The number of carbonyl (C=O) groups is 3. The quantitative estimate of drug-likeness (QED) is 0.805. The highest BCUT2D eigenvalue weighted by Crippen LogP contribution is 2.16. The van der Waals surface area contributed by atoms with Crippen LogP contribution in [0.5, 0.6) is 0 Å². The summed E-state index contributed by atoms with van der Waals surface area (Å²) in [5.74, 6) is -0.575. The SMILES string of the molecule is CC(C)(C)OC(=O)N1COC(=O)[C@@H]1CNC(=O)NCc1ccccc1. The number of hydrogen-bond donors (Lipinski definition) is 2. The third kappa shape index (κ3) is 5.66. The zero-order valence-electron chi connectivity index (χ0n) is 14.6. The van der Waals surface area contributed by atoms with Crippen LogP contribution in [0.15, 0.2) is 30.3 Å². The van der Waals surface area contributed by atoms with Crippen LogP contribution in [0, 0.1) is 0 Å². The minimum absolute atomic E-state index is 0.0568. The number of amides is 3. The summed E-state index contributed by atoms with van der Waals surface area (Å²) in [7, 11) is 0. The average Bonchev–Trinajstić information content (AvgIpc) is 2.91. The summed E-state index contributed by atoms with van der Waals surface area (Å²) in [5, 5.41) is 5.26. The van der Waals surface area contributed by atoms with Crippen LogP contribution in [0.3, 0.4) is 0 Å². The average molecular weight is 349 g/mol. The van der Waals surface area contributed by atoms with Gasteiger partial charge in [-0.05, 0) is 26.3 Å². The Morgan fingerprint density at radius 1 is 1.24 bits per heavy atom. The van der Waals surface area contributed by atoms with Crippen LogP contribution in [0.1, 0.15) is 26.3 Å². The predicted molar refractivity (Wildman–Crippen MR) is 89.5 cm³/mol. The number of rotatable bonds is 4. The molecule has 1 fully saturated rings. The van der Waals surface area contributed by atoms with E-state index in [1.165, 1.54) is 0 Å². The van der Waals surface area contributed by atoms with Gasteiger partial charge in [0.15, 0.2) is 12.8 Å². The molecule has 1 aliphatic rings. The maximum atomic E-state index is 12.1. The summed E-state index contributed by atoms with van der Waals surface area (Å²) in [6.07, 6.45) is -0.658. The molecule has 0 spiro atoms. The lowest BCUT2D eigenvalue weighted by molar-refractivity contribution is -0.139. The van der Waals surface area contributed by atoms with Gasteiger partial charge in [0.25, 0.3) is 0 Å². The molecular formula is C17H23N3O5. The van der Waals surface area contributed by atoms with Crippen molar-refractivity contribution in [1.82, 2.24) is 15.5 Å². The van der Waals surface area contributed by atoms with Crippen LogP contribution < -0.4 is 10.6 Å². The van der Waals surface area contributed by atoms with E-state index in [0.29, 0.717) is 6.54 Å². The molecule has 0 bridgehead atoms. The van der Waals surface area contributed by atoms with Gasteiger partial charge in [-0.25, -0.2) is 14.4 Å². The summed E-state index contributed by atoms with van der Waals surface area (Å²) < 4.78 is 10.1. The first kappa shape index (κ1) is 18.6. The Morgan fingerprint density at radius 3 is 2.56 bits per heavy atom. The highest BCUT2D eigenvalue weighted by Gasteiger charge is 2.40. The standard InChI is InChI=1S/C17H23N3O5/c1-17(2,3)25-16(23)20-11-24-14(21)13(20)10-19-15(22)18-9-12-7-5-4-6-8-12/h4-8,13H,9-11H2,1-3H3,(H2,18,19,22)/t13-/m0/s1. The third-order valence-corrected chi connectivity index (χ3v) is 3.37. The molecule has 0 saturated carbocycles. The minimum Gasteiger partial charge on any atom is -0.444 e. The topological polar surface area (TPSA) is 97.0 Å². The van der Waals surface area contributed by atoms with Crippen molar-refractivity contribution in [3.8, 4) is 0 Å². The Morgan fingerprint density at radius 2 is 1.92 bits per heavy atom. The molecule has 3 amide bonds. The highest BCUT2D eigenvalue weighted by molar-refractivity contribution is 5.85. The molecule has 0 unspecified atom stereocenters. The third-order valence-electron chi connectivity index (χ3n) is 3.37. The number of cyclic esters (lactones) is 1.